The lowest BCUT2D eigenvalue weighted by atomic mass is 9.99. The predicted molar refractivity (Wildman–Crippen MR) is 69.4 cm³/mol. The van der Waals surface area contributed by atoms with Gasteiger partial charge in [-0.05, 0) is 49.9 Å². The highest BCUT2D eigenvalue weighted by atomic mass is 16.1. The molecule has 3 rings (SSSR count). The smallest absolute Gasteiger partial charge is 0.137 e. The van der Waals surface area contributed by atoms with Gasteiger partial charge in [-0.3, -0.25) is 4.79 Å². The van der Waals surface area contributed by atoms with Gasteiger partial charge in [-0.1, -0.05) is 6.07 Å². The van der Waals surface area contributed by atoms with Gasteiger partial charge in [0.15, 0.2) is 0 Å². The van der Waals surface area contributed by atoms with Crippen LogP contribution in [0.3, 0.4) is 0 Å². The van der Waals surface area contributed by atoms with Crippen LogP contribution in [-0.2, 0) is 4.79 Å². The zero-order valence-corrected chi connectivity index (χ0v) is 10.6. The number of nitrogens with zero attached hydrogens (tertiary/aromatic N) is 1. The molecular weight excluding hydrogens is 210 g/mol. The van der Waals surface area contributed by atoms with Crippen molar-refractivity contribution in [2.24, 2.45) is 0 Å². The Hall–Kier alpha value is -1.31. The molecule has 0 saturated carbocycles. The van der Waals surface area contributed by atoms with E-state index in [0.717, 1.165) is 12.8 Å². The number of anilines is 1. The maximum absolute atomic E-state index is 11.6. The van der Waals surface area contributed by atoms with Gasteiger partial charge in [0.25, 0.3) is 0 Å². The van der Waals surface area contributed by atoms with E-state index in [9.17, 15) is 4.79 Å². The van der Waals surface area contributed by atoms with Crippen LogP contribution >= 0.6 is 0 Å². The van der Waals surface area contributed by atoms with Crippen LogP contribution in [0.1, 0.15) is 36.8 Å². The third-order valence-electron chi connectivity index (χ3n) is 4.34. The first kappa shape index (κ1) is 10.8. The molecule has 17 heavy (non-hydrogen) atoms. The van der Waals surface area contributed by atoms with E-state index >= 15 is 0 Å². The summed E-state index contributed by atoms with van der Waals surface area (Å²) in [6.45, 7) is 4.31. The first-order valence-corrected chi connectivity index (χ1v) is 6.52. The van der Waals surface area contributed by atoms with E-state index in [1.807, 2.05) is 0 Å². The number of aryl methyl sites for hydroxylation is 2. The van der Waals surface area contributed by atoms with Gasteiger partial charge in [-0.25, -0.2) is 0 Å². The average Bonchev–Trinajstić information content (AvgIpc) is 2.55. The van der Waals surface area contributed by atoms with Crippen LogP contribution in [0.15, 0.2) is 18.2 Å². The third kappa shape index (κ3) is 1.76. The Balaban J connectivity index is 1.94. The molecule has 0 aliphatic carbocycles. The Morgan fingerprint density at radius 2 is 1.71 bits per heavy atom. The quantitative estimate of drug-likeness (QED) is 0.738. The number of rotatable bonds is 1. The molecule has 0 spiro atoms. The van der Waals surface area contributed by atoms with Crippen molar-refractivity contribution in [1.82, 2.24) is 0 Å². The lowest BCUT2D eigenvalue weighted by molar-refractivity contribution is -0.120. The Morgan fingerprint density at radius 1 is 1.06 bits per heavy atom. The highest BCUT2D eigenvalue weighted by Crippen LogP contribution is 2.38. The summed E-state index contributed by atoms with van der Waals surface area (Å²) in [5.74, 6) is 0.456. The molecule has 2 heterocycles. The van der Waals surface area contributed by atoms with Gasteiger partial charge in [0.1, 0.15) is 5.78 Å². The number of hydrogen-bond acceptors (Lipinski definition) is 2. The van der Waals surface area contributed by atoms with Gasteiger partial charge in [0, 0.05) is 30.6 Å². The standard InChI is InChI=1S/C15H19NO/c1-10-3-4-12(7-11(10)2)16-13-5-6-14(16)9-15(17)8-13/h3-4,7,13-14H,5-6,8-9H2,1-2H3/t13-,14+. The molecule has 2 heteroatoms. The number of piperidine rings is 1. The number of ketones is 1. The fraction of sp³-hybridized carbons (Fsp3) is 0.533. The lowest BCUT2D eigenvalue weighted by Crippen LogP contribution is -2.43. The fourth-order valence-electron chi connectivity index (χ4n) is 3.28. The van der Waals surface area contributed by atoms with E-state index in [4.69, 9.17) is 0 Å². The van der Waals surface area contributed by atoms with Crippen molar-refractivity contribution < 1.29 is 4.79 Å². The van der Waals surface area contributed by atoms with Crippen LogP contribution in [0.2, 0.25) is 0 Å². The zero-order chi connectivity index (χ0) is 12.0. The summed E-state index contributed by atoms with van der Waals surface area (Å²) >= 11 is 0. The predicted octanol–water partition coefficient (Wildman–Crippen LogP) is 3.00. The minimum atomic E-state index is 0.456. The fourth-order valence-corrected chi connectivity index (χ4v) is 3.28. The van der Waals surface area contributed by atoms with Crippen LogP contribution < -0.4 is 4.90 Å². The Morgan fingerprint density at radius 3 is 2.29 bits per heavy atom. The van der Waals surface area contributed by atoms with Gasteiger partial charge >= 0.3 is 0 Å². The first-order chi connectivity index (χ1) is 8.15. The molecule has 2 fully saturated rings. The van der Waals surface area contributed by atoms with Crippen LogP contribution in [0, 0.1) is 13.8 Å². The molecule has 2 saturated heterocycles. The van der Waals surface area contributed by atoms with Gasteiger partial charge in [-0.2, -0.15) is 0 Å². The number of benzene rings is 1. The van der Waals surface area contributed by atoms with E-state index < -0.39 is 0 Å². The second kappa shape index (κ2) is 3.86. The van der Waals surface area contributed by atoms with Crippen molar-refractivity contribution in [1.29, 1.82) is 0 Å². The van der Waals surface area contributed by atoms with E-state index in [2.05, 4.69) is 36.9 Å². The monoisotopic (exact) mass is 229 g/mol. The van der Waals surface area contributed by atoms with Crippen molar-refractivity contribution in [3.63, 3.8) is 0 Å². The number of carbonyl (C=O) groups is 1. The normalized spacial score (nSPS) is 27.6. The molecule has 0 radical (unpaired) electrons. The maximum Gasteiger partial charge on any atom is 0.137 e. The molecule has 0 amide bonds. The van der Waals surface area contributed by atoms with Crippen molar-refractivity contribution >= 4 is 11.5 Å². The van der Waals surface area contributed by atoms with E-state index in [-0.39, 0.29) is 0 Å². The van der Waals surface area contributed by atoms with Crippen molar-refractivity contribution in [2.75, 3.05) is 4.90 Å². The third-order valence-corrected chi connectivity index (χ3v) is 4.34. The van der Waals surface area contributed by atoms with Crippen LogP contribution in [0.5, 0.6) is 0 Å². The SMILES string of the molecule is Cc1ccc(N2[C@@H]3CC[C@H]2CC(=O)C3)cc1C. The Labute approximate surface area is 103 Å². The van der Waals surface area contributed by atoms with Crippen LogP contribution in [0.25, 0.3) is 0 Å². The molecule has 1 aromatic rings. The molecule has 0 aromatic heterocycles. The van der Waals surface area contributed by atoms with Gasteiger partial charge < -0.3 is 4.90 Å². The second-order valence-corrected chi connectivity index (χ2v) is 5.51. The molecule has 2 aliphatic rings. The molecule has 90 valence electrons. The van der Waals surface area contributed by atoms with E-state index in [1.165, 1.54) is 29.7 Å². The summed E-state index contributed by atoms with van der Waals surface area (Å²) in [5, 5.41) is 0. The first-order valence-electron chi connectivity index (χ1n) is 6.52. The molecule has 0 N–H and O–H groups in total. The average molecular weight is 229 g/mol. The van der Waals surface area contributed by atoms with Crippen LogP contribution in [0.4, 0.5) is 5.69 Å². The van der Waals surface area contributed by atoms with Crippen LogP contribution in [-0.4, -0.2) is 17.9 Å². The number of fused-ring (bicyclic) bond motifs is 2. The highest BCUT2D eigenvalue weighted by molar-refractivity contribution is 5.83. The summed E-state index contributed by atoms with van der Waals surface area (Å²) in [5.41, 5.74) is 4.00. The van der Waals surface area contributed by atoms with Gasteiger partial charge in [-0.15, -0.1) is 0 Å². The molecular formula is C15H19NO. The van der Waals surface area contributed by atoms with Crippen molar-refractivity contribution in [3.05, 3.63) is 29.3 Å². The van der Waals surface area contributed by atoms with E-state index in [0.29, 0.717) is 17.9 Å². The molecule has 2 nitrogen and oxygen atoms in total. The van der Waals surface area contributed by atoms with Crippen molar-refractivity contribution in [2.45, 2.75) is 51.6 Å². The summed E-state index contributed by atoms with van der Waals surface area (Å²) in [4.78, 5) is 14.1. The molecule has 1 aromatic carbocycles. The number of hydrogen-bond donors (Lipinski definition) is 0. The highest BCUT2D eigenvalue weighted by Gasteiger charge is 2.40. The number of Topliss-reactive ketones (excluding diaryl/α,β-unsaturated/α-hetero) is 1. The molecule has 2 bridgehead atoms. The van der Waals surface area contributed by atoms with E-state index in [1.54, 1.807) is 0 Å². The lowest BCUT2D eigenvalue weighted by Gasteiger charge is -2.36. The van der Waals surface area contributed by atoms with Gasteiger partial charge in [0.05, 0.1) is 0 Å². The Bertz CT molecular complexity index is 450. The molecule has 2 atom stereocenters. The Kier molecular flexibility index (Phi) is 2.46. The maximum atomic E-state index is 11.6. The largest absolute Gasteiger partial charge is 0.365 e. The summed E-state index contributed by atoms with van der Waals surface area (Å²) < 4.78 is 0. The summed E-state index contributed by atoms with van der Waals surface area (Å²) in [7, 11) is 0. The molecule has 2 aliphatic heterocycles. The minimum absolute atomic E-state index is 0.456. The molecule has 0 unspecified atom stereocenters. The summed E-state index contributed by atoms with van der Waals surface area (Å²) in [6.07, 6.45) is 3.87. The van der Waals surface area contributed by atoms with Gasteiger partial charge in [0.2, 0.25) is 0 Å². The number of carbonyl (C=O) groups excluding carboxylic acids is 1. The minimum Gasteiger partial charge on any atom is -0.365 e. The topological polar surface area (TPSA) is 20.3 Å². The summed E-state index contributed by atoms with van der Waals surface area (Å²) in [6, 6.07) is 7.60. The van der Waals surface area contributed by atoms with Crippen molar-refractivity contribution in [3.8, 4) is 0 Å². The second-order valence-electron chi connectivity index (χ2n) is 5.51. The zero-order valence-electron chi connectivity index (χ0n) is 10.6.